The number of hydrogen-bond acceptors (Lipinski definition) is 3. The number of nitrogens with zero attached hydrogens (tertiary/aromatic N) is 3. The summed E-state index contributed by atoms with van der Waals surface area (Å²) in [6.45, 7) is 0. The van der Waals surface area contributed by atoms with Gasteiger partial charge in [0.15, 0.2) is 11.4 Å². The summed E-state index contributed by atoms with van der Waals surface area (Å²) in [6, 6.07) is 0.789. The van der Waals surface area contributed by atoms with Gasteiger partial charge in [-0.2, -0.15) is 18.3 Å². The molecule has 9 heteroatoms. The maximum Gasteiger partial charge on any atom is 0.434 e. The molecular formula is C14H18ClF3N4O. The molecule has 1 aromatic heterocycles. The van der Waals surface area contributed by atoms with Gasteiger partial charge in [0.25, 0.3) is 5.91 Å². The Morgan fingerprint density at radius 2 is 1.83 bits per heavy atom. The topological polar surface area (TPSA) is 50.2 Å². The van der Waals surface area contributed by atoms with Crippen LogP contribution in [0.5, 0.6) is 0 Å². The first-order chi connectivity index (χ1) is 10.7. The van der Waals surface area contributed by atoms with Gasteiger partial charge < -0.3 is 10.2 Å². The highest BCUT2D eigenvalue weighted by Crippen LogP contribution is 2.37. The second kappa shape index (κ2) is 5.66. The average molecular weight is 351 g/mol. The third-order valence-electron chi connectivity index (χ3n) is 4.91. The van der Waals surface area contributed by atoms with Crippen LogP contribution >= 0.6 is 11.6 Å². The maximum absolute atomic E-state index is 12.9. The molecule has 1 N–H and O–H groups in total. The highest BCUT2D eigenvalue weighted by Gasteiger charge is 2.42. The van der Waals surface area contributed by atoms with Crippen LogP contribution in [0.1, 0.15) is 41.9 Å². The van der Waals surface area contributed by atoms with E-state index in [2.05, 4.69) is 22.4 Å². The molecule has 3 heterocycles. The molecule has 3 rings (SSSR count). The number of nitrogens with one attached hydrogen (secondary N) is 1. The number of aromatic nitrogens is 2. The minimum absolute atomic E-state index is 0.0522. The molecule has 5 nitrogen and oxygen atoms in total. The van der Waals surface area contributed by atoms with Crippen LogP contribution in [0.2, 0.25) is 5.02 Å². The van der Waals surface area contributed by atoms with Gasteiger partial charge in [0.2, 0.25) is 0 Å². The number of carbonyl (C=O) groups is 1. The zero-order chi connectivity index (χ0) is 16.9. The maximum atomic E-state index is 12.9. The summed E-state index contributed by atoms with van der Waals surface area (Å²) in [5.41, 5.74) is -1.47. The van der Waals surface area contributed by atoms with Crippen molar-refractivity contribution in [1.29, 1.82) is 0 Å². The van der Waals surface area contributed by atoms with Gasteiger partial charge in [0.1, 0.15) is 5.02 Å². The van der Waals surface area contributed by atoms with E-state index in [1.165, 1.54) is 0 Å². The summed E-state index contributed by atoms with van der Waals surface area (Å²) >= 11 is 5.75. The molecule has 1 amide bonds. The van der Waals surface area contributed by atoms with Crippen molar-refractivity contribution in [2.75, 3.05) is 7.05 Å². The van der Waals surface area contributed by atoms with E-state index in [0.29, 0.717) is 16.8 Å². The zero-order valence-electron chi connectivity index (χ0n) is 12.8. The van der Waals surface area contributed by atoms with E-state index in [1.807, 2.05) is 0 Å². The van der Waals surface area contributed by atoms with Gasteiger partial charge in [-0.05, 0) is 32.7 Å². The second-order valence-corrected chi connectivity index (χ2v) is 6.70. The van der Waals surface area contributed by atoms with Crippen molar-refractivity contribution in [2.24, 2.45) is 7.05 Å². The summed E-state index contributed by atoms with van der Waals surface area (Å²) in [6.07, 6.45) is -0.860. The van der Waals surface area contributed by atoms with Crippen molar-refractivity contribution in [3.8, 4) is 0 Å². The Morgan fingerprint density at radius 1 is 1.26 bits per heavy atom. The van der Waals surface area contributed by atoms with Gasteiger partial charge in [0, 0.05) is 25.2 Å². The zero-order valence-corrected chi connectivity index (χ0v) is 13.6. The number of alkyl halides is 3. The van der Waals surface area contributed by atoms with Crippen molar-refractivity contribution in [3.05, 3.63) is 16.4 Å². The van der Waals surface area contributed by atoms with Crippen molar-refractivity contribution >= 4 is 17.5 Å². The smallest absolute Gasteiger partial charge is 0.348 e. The van der Waals surface area contributed by atoms with Gasteiger partial charge in [0.05, 0.1) is 0 Å². The molecule has 2 aliphatic rings. The van der Waals surface area contributed by atoms with Crippen LogP contribution in [0.3, 0.4) is 0 Å². The Morgan fingerprint density at radius 3 is 2.30 bits per heavy atom. The third kappa shape index (κ3) is 2.94. The summed E-state index contributed by atoms with van der Waals surface area (Å²) in [4.78, 5) is 14.6. The van der Waals surface area contributed by atoms with Crippen LogP contribution in [0.25, 0.3) is 0 Å². The molecule has 23 heavy (non-hydrogen) atoms. The molecule has 2 unspecified atom stereocenters. The molecule has 0 radical (unpaired) electrons. The van der Waals surface area contributed by atoms with Crippen LogP contribution in [-0.2, 0) is 13.2 Å². The molecule has 0 aliphatic carbocycles. The molecule has 2 aliphatic heterocycles. The van der Waals surface area contributed by atoms with Crippen molar-refractivity contribution < 1.29 is 18.0 Å². The van der Waals surface area contributed by atoms with E-state index in [0.717, 1.165) is 32.7 Å². The quantitative estimate of drug-likeness (QED) is 0.891. The van der Waals surface area contributed by atoms with Crippen LogP contribution < -0.4 is 5.32 Å². The number of hydrogen-bond donors (Lipinski definition) is 1. The van der Waals surface area contributed by atoms with E-state index in [9.17, 15) is 18.0 Å². The predicted molar refractivity (Wildman–Crippen MR) is 78.3 cm³/mol. The lowest BCUT2D eigenvalue weighted by Gasteiger charge is -2.36. The first-order valence-electron chi connectivity index (χ1n) is 7.51. The fourth-order valence-corrected chi connectivity index (χ4v) is 4.09. The fraction of sp³-hybridized carbons (Fsp3) is 0.714. The lowest BCUT2D eigenvalue weighted by atomic mass is 9.98. The average Bonchev–Trinajstić information content (AvgIpc) is 2.82. The van der Waals surface area contributed by atoms with Gasteiger partial charge in [-0.15, -0.1) is 0 Å². The molecule has 0 saturated carbocycles. The lowest BCUT2D eigenvalue weighted by Crippen LogP contribution is -2.48. The van der Waals surface area contributed by atoms with Gasteiger partial charge >= 0.3 is 6.18 Å². The molecule has 2 saturated heterocycles. The standard InChI is InChI=1S/C14H18ClF3N4O/c1-21-8-3-4-9(21)6-7(5-8)19-13(23)11-10(15)12(14(16,17)18)22(2)20-11/h7-9H,3-6H2,1-2H3,(H,19,23). The molecule has 0 aromatic carbocycles. The second-order valence-electron chi connectivity index (χ2n) is 6.32. The summed E-state index contributed by atoms with van der Waals surface area (Å²) in [5, 5.41) is 5.80. The number of piperidine rings is 1. The first kappa shape index (κ1) is 16.6. The molecule has 2 atom stereocenters. The predicted octanol–water partition coefficient (Wildman–Crippen LogP) is 2.45. The van der Waals surface area contributed by atoms with Crippen LogP contribution in [-0.4, -0.2) is 45.8 Å². The van der Waals surface area contributed by atoms with Crippen LogP contribution in [0, 0.1) is 0 Å². The molecule has 0 spiro atoms. The van der Waals surface area contributed by atoms with E-state index < -0.39 is 22.8 Å². The summed E-state index contributed by atoms with van der Waals surface area (Å²) in [5.74, 6) is -0.643. The normalized spacial score (nSPS) is 28.2. The van der Waals surface area contributed by atoms with Crippen LogP contribution in [0.4, 0.5) is 13.2 Å². The Kier molecular flexibility index (Phi) is 4.08. The van der Waals surface area contributed by atoms with Gasteiger partial charge in [-0.3, -0.25) is 9.48 Å². The Labute approximate surface area is 136 Å². The minimum atomic E-state index is -4.65. The summed E-state index contributed by atoms with van der Waals surface area (Å²) in [7, 11) is 3.20. The van der Waals surface area contributed by atoms with Gasteiger partial charge in [-0.1, -0.05) is 11.6 Å². The highest BCUT2D eigenvalue weighted by atomic mass is 35.5. The Bertz CT molecular complexity index is 616. The first-order valence-corrected chi connectivity index (χ1v) is 7.88. The lowest BCUT2D eigenvalue weighted by molar-refractivity contribution is -0.143. The van der Waals surface area contributed by atoms with E-state index in [-0.39, 0.29) is 11.7 Å². The number of halogens is 4. The Hall–Kier alpha value is -1.28. The fourth-order valence-electron chi connectivity index (χ4n) is 3.73. The largest absolute Gasteiger partial charge is 0.434 e. The van der Waals surface area contributed by atoms with Gasteiger partial charge in [-0.25, -0.2) is 0 Å². The van der Waals surface area contributed by atoms with E-state index in [4.69, 9.17) is 11.6 Å². The number of amides is 1. The third-order valence-corrected chi connectivity index (χ3v) is 5.26. The van der Waals surface area contributed by atoms with E-state index >= 15 is 0 Å². The number of aryl methyl sites for hydroxylation is 1. The Balaban J connectivity index is 1.75. The molecule has 2 fully saturated rings. The molecule has 128 valence electrons. The summed E-state index contributed by atoms with van der Waals surface area (Å²) < 4.78 is 39.4. The number of carbonyl (C=O) groups excluding carboxylic acids is 1. The molecule has 2 bridgehead atoms. The monoisotopic (exact) mass is 350 g/mol. The van der Waals surface area contributed by atoms with Crippen LogP contribution in [0.15, 0.2) is 0 Å². The number of rotatable bonds is 2. The SMILES string of the molecule is CN1C2CCC1CC(NC(=O)c1nn(C)c(C(F)(F)F)c1Cl)C2. The molecular weight excluding hydrogens is 333 g/mol. The van der Waals surface area contributed by atoms with Crippen molar-refractivity contribution in [2.45, 2.75) is 50.0 Å². The highest BCUT2D eigenvalue weighted by molar-refractivity contribution is 6.34. The number of fused-ring (bicyclic) bond motifs is 2. The molecule has 1 aromatic rings. The minimum Gasteiger partial charge on any atom is -0.348 e. The van der Waals surface area contributed by atoms with Crippen molar-refractivity contribution in [3.63, 3.8) is 0 Å². The van der Waals surface area contributed by atoms with E-state index in [1.54, 1.807) is 0 Å². The van der Waals surface area contributed by atoms with Crippen molar-refractivity contribution in [1.82, 2.24) is 20.0 Å².